The van der Waals surface area contributed by atoms with Crippen LogP contribution in [-0.4, -0.2) is 29.0 Å². The molecular weight excluding hydrogens is 322 g/mol. The first-order chi connectivity index (χ1) is 9.17. The summed E-state index contributed by atoms with van der Waals surface area (Å²) in [5.41, 5.74) is -0.0387. The van der Waals surface area contributed by atoms with E-state index in [1.165, 1.54) is 11.3 Å². The summed E-state index contributed by atoms with van der Waals surface area (Å²) < 4.78 is 1.12. The SMILES string of the molecule is CCCNC1(CO)CCC(Sc2ccc(Br)cc2)C1. The molecule has 2 nitrogen and oxygen atoms in total. The van der Waals surface area contributed by atoms with Crippen molar-refractivity contribution < 1.29 is 5.11 Å². The Bertz CT molecular complexity index is 398. The summed E-state index contributed by atoms with van der Waals surface area (Å²) in [5.74, 6) is 0. The third kappa shape index (κ3) is 4.22. The molecule has 19 heavy (non-hydrogen) atoms. The van der Waals surface area contributed by atoms with Gasteiger partial charge in [0.15, 0.2) is 0 Å². The molecule has 0 heterocycles. The van der Waals surface area contributed by atoms with E-state index in [-0.39, 0.29) is 12.1 Å². The zero-order valence-electron chi connectivity index (χ0n) is 11.4. The van der Waals surface area contributed by atoms with Crippen molar-refractivity contribution in [3.8, 4) is 0 Å². The van der Waals surface area contributed by atoms with Crippen molar-refractivity contribution in [1.82, 2.24) is 5.32 Å². The van der Waals surface area contributed by atoms with Crippen molar-refractivity contribution in [1.29, 1.82) is 0 Å². The number of hydrogen-bond donors (Lipinski definition) is 2. The van der Waals surface area contributed by atoms with Crippen molar-refractivity contribution >= 4 is 27.7 Å². The van der Waals surface area contributed by atoms with Gasteiger partial charge in [0, 0.05) is 20.2 Å². The first-order valence-corrected chi connectivity index (χ1v) is 8.63. The third-order valence-electron chi connectivity index (χ3n) is 3.73. The zero-order valence-corrected chi connectivity index (χ0v) is 13.8. The van der Waals surface area contributed by atoms with Crippen LogP contribution in [0.15, 0.2) is 33.6 Å². The van der Waals surface area contributed by atoms with Gasteiger partial charge >= 0.3 is 0 Å². The second kappa shape index (κ2) is 7.11. The van der Waals surface area contributed by atoms with Gasteiger partial charge in [0.1, 0.15) is 0 Å². The molecule has 0 aliphatic heterocycles. The quantitative estimate of drug-likeness (QED) is 0.823. The van der Waals surface area contributed by atoms with Crippen LogP contribution in [-0.2, 0) is 0 Å². The van der Waals surface area contributed by atoms with Gasteiger partial charge in [-0.3, -0.25) is 0 Å². The molecule has 0 radical (unpaired) electrons. The zero-order chi connectivity index (χ0) is 13.7. The lowest BCUT2D eigenvalue weighted by atomic mass is 9.99. The highest BCUT2D eigenvalue weighted by atomic mass is 79.9. The van der Waals surface area contributed by atoms with Crippen LogP contribution >= 0.6 is 27.7 Å². The number of hydrogen-bond acceptors (Lipinski definition) is 3. The number of benzene rings is 1. The molecule has 2 rings (SSSR count). The fourth-order valence-corrected chi connectivity index (χ4v) is 4.21. The molecule has 106 valence electrons. The van der Waals surface area contributed by atoms with Crippen molar-refractivity contribution in [2.75, 3.05) is 13.2 Å². The fourth-order valence-electron chi connectivity index (χ4n) is 2.63. The summed E-state index contributed by atoms with van der Waals surface area (Å²) in [7, 11) is 0. The van der Waals surface area contributed by atoms with Gasteiger partial charge in [0.25, 0.3) is 0 Å². The molecule has 4 heteroatoms. The standard InChI is InChI=1S/C15H22BrNOS/c1-2-9-17-15(11-18)8-7-14(10-15)19-13-5-3-12(16)4-6-13/h3-6,14,17-18H,2,7-11H2,1H3. The Kier molecular flexibility index (Phi) is 5.75. The minimum absolute atomic E-state index is 0.0387. The summed E-state index contributed by atoms with van der Waals surface area (Å²) >= 11 is 5.40. The highest BCUT2D eigenvalue weighted by Gasteiger charge is 2.38. The van der Waals surface area contributed by atoms with Gasteiger partial charge in [-0.2, -0.15) is 0 Å². The van der Waals surface area contributed by atoms with Crippen LogP contribution in [0, 0.1) is 0 Å². The Morgan fingerprint density at radius 1 is 1.42 bits per heavy atom. The molecule has 0 spiro atoms. The highest BCUT2D eigenvalue weighted by Crippen LogP contribution is 2.40. The van der Waals surface area contributed by atoms with E-state index in [0.29, 0.717) is 5.25 Å². The summed E-state index contributed by atoms with van der Waals surface area (Å²) in [6.45, 7) is 3.42. The lowest BCUT2D eigenvalue weighted by Gasteiger charge is -2.28. The Balaban J connectivity index is 1.91. The summed E-state index contributed by atoms with van der Waals surface area (Å²) in [6, 6.07) is 8.50. The van der Waals surface area contributed by atoms with Crippen molar-refractivity contribution in [3.63, 3.8) is 0 Å². The Labute approximate surface area is 128 Å². The van der Waals surface area contributed by atoms with E-state index in [2.05, 4.69) is 52.4 Å². The molecule has 2 N–H and O–H groups in total. The van der Waals surface area contributed by atoms with Crippen molar-refractivity contribution in [2.24, 2.45) is 0 Å². The van der Waals surface area contributed by atoms with Crippen molar-refractivity contribution in [3.05, 3.63) is 28.7 Å². The monoisotopic (exact) mass is 343 g/mol. The van der Waals surface area contributed by atoms with Gasteiger partial charge in [-0.15, -0.1) is 11.8 Å². The van der Waals surface area contributed by atoms with E-state index in [1.54, 1.807) is 0 Å². The predicted molar refractivity (Wildman–Crippen MR) is 85.7 cm³/mol. The fraction of sp³-hybridized carbons (Fsp3) is 0.600. The van der Waals surface area contributed by atoms with Crippen LogP contribution in [0.5, 0.6) is 0 Å². The smallest absolute Gasteiger partial charge is 0.0613 e. The molecule has 0 saturated heterocycles. The maximum absolute atomic E-state index is 9.69. The summed E-state index contributed by atoms with van der Waals surface area (Å²) in [5, 5.41) is 13.8. The van der Waals surface area contributed by atoms with Crippen LogP contribution in [0.4, 0.5) is 0 Å². The minimum Gasteiger partial charge on any atom is -0.394 e. The van der Waals surface area contributed by atoms with Crippen LogP contribution < -0.4 is 5.32 Å². The first kappa shape index (κ1) is 15.4. The van der Waals surface area contributed by atoms with Gasteiger partial charge in [0.05, 0.1) is 6.61 Å². The molecule has 1 aromatic rings. The van der Waals surface area contributed by atoms with Crippen LogP contribution in [0.3, 0.4) is 0 Å². The number of halogens is 1. The number of rotatable bonds is 6. The van der Waals surface area contributed by atoms with E-state index >= 15 is 0 Å². The minimum atomic E-state index is -0.0387. The van der Waals surface area contributed by atoms with E-state index in [0.717, 1.165) is 30.3 Å². The Hall–Kier alpha value is -0.0300. The van der Waals surface area contributed by atoms with Crippen molar-refractivity contribution in [2.45, 2.75) is 48.3 Å². The Morgan fingerprint density at radius 3 is 2.79 bits per heavy atom. The van der Waals surface area contributed by atoms with E-state index in [1.807, 2.05) is 11.8 Å². The molecule has 2 unspecified atom stereocenters. The Morgan fingerprint density at radius 2 is 2.16 bits per heavy atom. The topological polar surface area (TPSA) is 32.3 Å². The van der Waals surface area contributed by atoms with E-state index in [4.69, 9.17) is 0 Å². The van der Waals surface area contributed by atoms with E-state index < -0.39 is 0 Å². The molecule has 0 amide bonds. The second-order valence-corrected chi connectivity index (χ2v) is 7.59. The molecule has 0 aromatic heterocycles. The molecule has 1 aliphatic rings. The first-order valence-electron chi connectivity index (χ1n) is 6.95. The predicted octanol–water partition coefficient (Wildman–Crippen LogP) is 3.82. The summed E-state index contributed by atoms with van der Waals surface area (Å²) in [4.78, 5) is 1.32. The molecule has 1 aliphatic carbocycles. The van der Waals surface area contributed by atoms with Crippen LogP contribution in [0.25, 0.3) is 0 Å². The maximum Gasteiger partial charge on any atom is 0.0613 e. The molecule has 1 aromatic carbocycles. The largest absolute Gasteiger partial charge is 0.394 e. The second-order valence-electron chi connectivity index (χ2n) is 5.30. The third-order valence-corrected chi connectivity index (χ3v) is 5.54. The van der Waals surface area contributed by atoms with E-state index in [9.17, 15) is 5.11 Å². The number of aliphatic hydroxyl groups is 1. The lowest BCUT2D eigenvalue weighted by molar-refractivity contribution is 0.165. The van der Waals surface area contributed by atoms with Gasteiger partial charge < -0.3 is 10.4 Å². The highest BCUT2D eigenvalue weighted by molar-refractivity contribution is 9.10. The molecule has 1 fully saturated rings. The number of thioether (sulfide) groups is 1. The van der Waals surface area contributed by atoms with Gasteiger partial charge in [-0.25, -0.2) is 0 Å². The average molecular weight is 344 g/mol. The molecular formula is C15H22BrNOS. The average Bonchev–Trinajstić information content (AvgIpc) is 2.83. The number of nitrogens with one attached hydrogen (secondary N) is 1. The summed E-state index contributed by atoms with van der Waals surface area (Å²) in [6.07, 6.45) is 4.44. The molecule has 2 atom stereocenters. The van der Waals surface area contributed by atoms with Crippen LogP contribution in [0.1, 0.15) is 32.6 Å². The van der Waals surface area contributed by atoms with Gasteiger partial charge in [0.2, 0.25) is 0 Å². The van der Waals surface area contributed by atoms with Gasteiger partial charge in [-0.05, 0) is 56.5 Å². The van der Waals surface area contributed by atoms with Gasteiger partial charge in [-0.1, -0.05) is 22.9 Å². The number of aliphatic hydroxyl groups excluding tert-OH is 1. The molecule has 0 bridgehead atoms. The maximum atomic E-state index is 9.69. The lowest BCUT2D eigenvalue weighted by Crippen LogP contribution is -2.46. The normalized spacial score (nSPS) is 26.8. The molecule has 1 saturated carbocycles. The van der Waals surface area contributed by atoms with Crippen LogP contribution in [0.2, 0.25) is 0 Å².